The number of aromatic nitrogens is 4. The van der Waals surface area contributed by atoms with Crippen LogP contribution in [0.25, 0.3) is 5.69 Å². The molecule has 27 heavy (non-hydrogen) atoms. The van der Waals surface area contributed by atoms with Crippen LogP contribution in [0.1, 0.15) is 43.8 Å². The lowest BCUT2D eigenvalue weighted by atomic mass is 9.87. The lowest BCUT2D eigenvalue weighted by molar-refractivity contribution is 0.122. The lowest BCUT2D eigenvalue weighted by Crippen LogP contribution is -2.37. The molecule has 0 spiro atoms. The van der Waals surface area contributed by atoms with Gasteiger partial charge in [-0.25, -0.2) is 13.5 Å². The second kappa shape index (κ2) is 7.93. The highest BCUT2D eigenvalue weighted by Gasteiger charge is 2.28. The van der Waals surface area contributed by atoms with Gasteiger partial charge in [-0.3, -0.25) is 4.68 Å². The topological polar surface area (TPSA) is 68.3 Å². The zero-order chi connectivity index (χ0) is 18.8. The van der Waals surface area contributed by atoms with Gasteiger partial charge in [-0.15, -0.1) is 0 Å². The largest absolute Gasteiger partial charge is 0.396 e. The molecule has 2 aromatic heterocycles. The molecule has 2 fully saturated rings. The molecule has 0 atom stereocenters. The van der Waals surface area contributed by atoms with Gasteiger partial charge in [0.25, 0.3) is 6.43 Å². The Labute approximate surface area is 156 Å². The fourth-order valence-electron chi connectivity index (χ4n) is 4.01. The number of rotatable bonds is 5. The highest BCUT2D eigenvalue weighted by Crippen LogP contribution is 2.34. The minimum Gasteiger partial charge on any atom is -0.396 e. The van der Waals surface area contributed by atoms with Gasteiger partial charge >= 0.3 is 0 Å². The molecule has 9 heteroatoms. The zero-order valence-electron chi connectivity index (χ0n) is 15.2. The Morgan fingerprint density at radius 1 is 1.19 bits per heavy atom. The van der Waals surface area contributed by atoms with Crippen LogP contribution in [0, 0.1) is 5.92 Å². The summed E-state index contributed by atoms with van der Waals surface area (Å²) in [5, 5.41) is 17.8. The zero-order valence-corrected chi connectivity index (χ0v) is 15.2. The van der Waals surface area contributed by atoms with Gasteiger partial charge in [0.05, 0.1) is 31.6 Å². The smallest absolute Gasteiger partial charge is 0.284 e. The van der Waals surface area contributed by atoms with Crippen LogP contribution in [-0.2, 0) is 4.74 Å². The van der Waals surface area contributed by atoms with Gasteiger partial charge in [-0.05, 0) is 31.6 Å². The number of aliphatic hydroxyl groups is 1. The Morgan fingerprint density at radius 3 is 2.59 bits per heavy atom. The number of nitrogens with zero attached hydrogens (tertiary/aromatic N) is 5. The molecular formula is C18H25F2N5O2. The molecule has 0 aromatic carbocycles. The number of anilines is 1. The maximum Gasteiger partial charge on any atom is 0.284 e. The molecule has 3 heterocycles. The van der Waals surface area contributed by atoms with Crippen LogP contribution in [0.5, 0.6) is 0 Å². The van der Waals surface area contributed by atoms with E-state index in [2.05, 4.69) is 15.1 Å². The molecule has 0 amide bonds. The molecule has 148 valence electrons. The number of halogens is 2. The SMILES string of the molecule is OCC1CCC(n2cc(-n3nccc3N3CCOCC3)c(C(F)F)n2)CC1. The Bertz CT molecular complexity index is 749. The van der Waals surface area contributed by atoms with Crippen molar-refractivity contribution < 1.29 is 18.6 Å². The van der Waals surface area contributed by atoms with Crippen molar-refractivity contribution in [1.29, 1.82) is 0 Å². The summed E-state index contributed by atoms with van der Waals surface area (Å²) in [4.78, 5) is 2.09. The minimum atomic E-state index is -2.67. The van der Waals surface area contributed by atoms with E-state index in [0.717, 1.165) is 31.5 Å². The Kier molecular flexibility index (Phi) is 5.40. The fourth-order valence-corrected chi connectivity index (χ4v) is 4.01. The Balaban J connectivity index is 1.63. The molecule has 4 rings (SSSR count). The van der Waals surface area contributed by atoms with Gasteiger partial charge in [0.1, 0.15) is 11.5 Å². The first kappa shape index (κ1) is 18.4. The predicted octanol–water partition coefficient (Wildman–Crippen LogP) is 2.57. The summed E-state index contributed by atoms with van der Waals surface area (Å²) in [5.41, 5.74) is 0.0956. The monoisotopic (exact) mass is 381 g/mol. The van der Waals surface area contributed by atoms with Gasteiger partial charge in [0.15, 0.2) is 5.69 Å². The highest BCUT2D eigenvalue weighted by molar-refractivity contribution is 5.48. The predicted molar refractivity (Wildman–Crippen MR) is 95.4 cm³/mol. The van der Waals surface area contributed by atoms with Crippen molar-refractivity contribution in [2.75, 3.05) is 37.8 Å². The summed E-state index contributed by atoms with van der Waals surface area (Å²) in [6.45, 7) is 2.82. The van der Waals surface area contributed by atoms with Gasteiger partial charge in [0, 0.05) is 25.8 Å². The maximum absolute atomic E-state index is 13.7. The second-order valence-electron chi connectivity index (χ2n) is 7.24. The minimum absolute atomic E-state index is 0.0847. The third-order valence-corrected chi connectivity index (χ3v) is 5.58. The van der Waals surface area contributed by atoms with Crippen molar-refractivity contribution in [3.63, 3.8) is 0 Å². The molecule has 7 nitrogen and oxygen atoms in total. The van der Waals surface area contributed by atoms with E-state index in [4.69, 9.17) is 4.74 Å². The Morgan fingerprint density at radius 2 is 1.93 bits per heavy atom. The van der Waals surface area contributed by atoms with Gasteiger partial charge < -0.3 is 14.7 Å². The van der Waals surface area contributed by atoms with Crippen LogP contribution < -0.4 is 4.90 Å². The molecule has 1 saturated carbocycles. The van der Waals surface area contributed by atoms with E-state index in [0.29, 0.717) is 37.9 Å². The molecule has 0 radical (unpaired) electrons. The number of aliphatic hydroxyl groups excluding tert-OH is 1. The highest BCUT2D eigenvalue weighted by atomic mass is 19.3. The van der Waals surface area contributed by atoms with Crippen LogP contribution in [0.4, 0.5) is 14.6 Å². The maximum atomic E-state index is 13.7. The molecule has 1 saturated heterocycles. The number of hydrogen-bond donors (Lipinski definition) is 1. The normalized spacial score (nSPS) is 23.9. The van der Waals surface area contributed by atoms with E-state index in [1.165, 1.54) is 0 Å². The standard InChI is InChI=1S/C18H25F2N5O2/c19-18(20)17-15(11-24(22-17)14-3-1-13(12-26)2-4-14)25-16(5-6-21-25)23-7-9-27-10-8-23/h5-6,11,13-14,18,26H,1-4,7-10,12H2. The molecule has 1 N–H and O–H groups in total. The summed E-state index contributed by atoms with van der Waals surface area (Å²) in [7, 11) is 0. The second-order valence-corrected chi connectivity index (χ2v) is 7.24. The molecular weight excluding hydrogens is 356 g/mol. The van der Waals surface area contributed by atoms with Crippen LogP contribution in [-0.4, -0.2) is 57.6 Å². The fraction of sp³-hybridized carbons (Fsp3) is 0.667. The lowest BCUT2D eigenvalue weighted by Gasteiger charge is -2.28. The van der Waals surface area contributed by atoms with E-state index in [1.807, 2.05) is 6.07 Å². The van der Waals surface area contributed by atoms with Crippen LogP contribution >= 0.6 is 0 Å². The van der Waals surface area contributed by atoms with Gasteiger partial charge in [0.2, 0.25) is 0 Å². The first-order valence-electron chi connectivity index (χ1n) is 9.52. The van der Waals surface area contributed by atoms with Crippen molar-refractivity contribution >= 4 is 5.82 Å². The summed E-state index contributed by atoms with van der Waals surface area (Å²) in [6, 6.07) is 1.92. The van der Waals surface area contributed by atoms with E-state index in [9.17, 15) is 13.9 Å². The summed E-state index contributed by atoms with van der Waals surface area (Å²) < 4.78 is 36.0. The van der Waals surface area contributed by atoms with E-state index >= 15 is 0 Å². The van der Waals surface area contributed by atoms with Crippen molar-refractivity contribution in [1.82, 2.24) is 19.6 Å². The van der Waals surface area contributed by atoms with Gasteiger partial charge in [-0.1, -0.05) is 0 Å². The molecule has 1 aliphatic heterocycles. The number of hydrogen-bond acceptors (Lipinski definition) is 5. The summed E-state index contributed by atoms with van der Waals surface area (Å²) in [6.07, 6.45) is 4.11. The van der Waals surface area contributed by atoms with Crippen molar-refractivity contribution in [3.05, 3.63) is 24.2 Å². The van der Waals surface area contributed by atoms with Crippen LogP contribution in [0.3, 0.4) is 0 Å². The third kappa shape index (κ3) is 3.70. The Hall–Kier alpha value is -2.00. The molecule has 0 unspecified atom stereocenters. The summed E-state index contributed by atoms with van der Waals surface area (Å²) >= 11 is 0. The first-order chi connectivity index (χ1) is 13.2. The van der Waals surface area contributed by atoms with E-state index < -0.39 is 6.43 Å². The van der Waals surface area contributed by atoms with E-state index in [1.54, 1.807) is 21.8 Å². The quantitative estimate of drug-likeness (QED) is 0.862. The molecule has 2 aliphatic rings. The number of ether oxygens (including phenoxy) is 1. The van der Waals surface area contributed by atoms with Gasteiger partial charge in [-0.2, -0.15) is 10.2 Å². The molecule has 1 aliphatic carbocycles. The van der Waals surface area contributed by atoms with E-state index in [-0.39, 0.29) is 18.3 Å². The van der Waals surface area contributed by atoms with Crippen molar-refractivity contribution in [3.8, 4) is 5.69 Å². The number of morpholine rings is 1. The average molecular weight is 381 g/mol. The molecule has 2 aromatic rings. The van der Waals surface area contributed by atoms with Crippen LogP contribution in [0.2, 0.25) is 0 Å². The third-order valence-electron chi connectivity index (χ3n) is 5.58. The molecule has 0 bridgehead atoms. The van der Waals surface area contributed by atoms with Crippen molar-refractivity contribution in [2.24, 2.45) is 5.92 Å². The van der Waals surface area contributed by atoms with Crippen molar-refractivity contribution in [2.45, 2.75) is 38.2 Å². The average Bonchev–Trinajstić information content (AvgIpc) is 3.36. The summed E-state index contributed by atoms with van der Waals surface area (Å²) in [5.74, 6) is 1.09. The van der Waals surface area contributed by atoms with Crippen LogP contribution in [0.15, 0.2) is 18.5 Å². The number of alkyl halides is 2. The first-order valence-corrected chi connectivity index (χ1v) is 9.52.